The molecule has 0 aliphatic heterocycles. The molecule has 1 rings (SSSR count). The zero-order valence-electron chi connectivity index (χ0n) is 8.99. The Morgan fingerprint density at radius 1 is 1.67 bits per heavy atom. The monoisotopic (exact) mass is 244 g/mol. The van der Waals surface area contributed by atoms with Crippen molar-refractivity contribution >= 4 is 29.1 Å². The molecule has 0 saturated carbocycles. The van der Waals surface area contributed by atoms with Gasteiger partial charge in [-0.25, -0.2) is 4.98 Å². The van der Waals surface area contributed by atoms with Crippen molar-refractivity contribution in [1.29, 1.82) is 0 Å². The van der Waals surface area contributed by atoms with Gasteiger partial charge in [0.2, 0.25) is 0 Å². The highest BCUT2D eigenvalue weighted by Gasteiger charge is 1.96. The Bertz CT molecular complexity index is 284. The van der Waals surface area contributed by atoms with Crippen molar-refractivity contribution in [2.75, 3.05) is 26.4 Å². The van der Waals surface area contributed by atoms with Crippen LogP contribution < -0.4 is 10.6 Å². The first-order valence-electron chi connectivity index (χ1n) is 4.77. The summed E-state index contributed by atoms with van der Waals surface area (Å²) in [5, 5.41) is 8.19. The summed E-state index contributed by atoms with van der Waals surface area (Å²) in [5.74, 6) is 1.93. The van der Waals surface area contributed by atoms with Gasteiger partial charge in [0.1, 0.15) is 4.34 Å². The van der Waals surface area contributed by atoms with Gasteiger partial charge in [-0.3, -0.25) is 4.99 Å². The average molecular weight is 244 g/mol. The molecule has 4 nitrogen and oxygen atoms in total. The van der Waals surface area contributed by atoms with Crippen molar-refractivity contribution in [1.82, 2.24) is 15.6 Å². The van der Waals surface area contributed by atoms with E-state index in [1.807, 2.05) is 18.6 Å². The van der Waals surface area contributed by atoms with E-state index in [2.05, 4.69) is 20.6 Å². The van der Waals surface area contributed by atoms with Gasteiger partial charge in [-0.05, 0) is 6.42 Å². The second-order valence-corrected chi connectivity index (χ2v) is 4.99. The van der Waals surface area contributed by atoms with Gasteiger partial charge >= 0.3 is 0 Å². The lowest BCUT2D eigenvalue weighted by Gasteiger charge is -2.07. The molecule has 2 N–H and O–H groups in total. The van der Waals surface area contributed by atoms with E-state index in [9.17, 15) is 0 Å². The van der Waals surface area contributed by atoms with Crippen LogP contribution in [-0.2, 0) is 0 Å². The normalized spacial score (nSPS) is 11.5. The molecular weight excluding hydrogens is 228 g/mol. The molecule has 0 radical (unpaired) electrons. The van der Waals surface area contributed by atoms with Crippen molar-refractivity contribution in [3.8, 4) is 0 Å². The number of nitrogens with zero attached hydrogens (tertiary/aromatic N) is 2. The fourth-order valence-corrected chi connectivity index (χ4v) is 2.65. The van der Waals surface area contributed by atoms with E-state index in [1.165, 1.54) is 0 Å². The molecule has 0 aromatic carbocycles. The largest absolute Gasteiger partial charge is 0.359 e. The van der Waals surface area contributed by atoms with E-state index < -0.39 is 0 Å². The summed E-state index contributed by atoms with van der Waals surface area (Å²) >= 11 is 3.49. The fourth-order valence-electron chi connectivity index (χ4n) is 0.999. The molecular formula is C9H16N4S2. The van der Waals surface area contributed by atoms with E-state index >= 15 is 0 Å². The molecule has 6 heteroatoms. The van der Waals surface area contributed by atoms with Crippen molar-refractivity contribution in [2.45, 2.75) is 10.8 Å². The summed E-state index contributed by atoms with van der Waals surface area (Å²) in [4.78, 5) is 8.24. The Hall–Kier alpha value is -0.750. The summed E-state index contributed by atoms with van der Waals surface area (Å²) in [6.45, 7) is 0.936. The van der Waals surface area contributed by atoms with Crippen molar-refractivity contribution in [3.63, 3.8) is 0 Å². The van der Waals surface area contributed by atoms with Crippen LogP contribution in [0, 0.1) is 0 Å². The molecule has 0 amide bonds. The Morgan fingerprint density at radius 2 is 2.53 bits per heavy atom. The van der Waals surface area contributed by atoms with Crippen LogP contribution in [0.2, 0.25) is 0 Å². The van der Waals surface area contributed by atoms with Gasteiger partial charge in [0.25, 0.3) is 0 Å². The molecule has 84 valence electrons. The van der Waals surface area contributed by atoms with Crippen LogP contribution >= 0.6 is 23.1 Å². The molecule has 1 aromatic heterocycles. The van der Waals surface area contributed by atoms with Crippen LogP contribution in [0.1, 0.15) is 6.42 Å². The van der Waals surface area contributed by atoms with Crippen LogP contribution in [0.4, 0.5) is 0 Å². The highest BCUT2D eigenvalue weighted by molar-refractivity contribution is 8.00. The molecule has 0 unspecified atom stereocenters. The summed E-state index contributed by atoms with van der Waals surface area (Å²) in [6, 6.07) is 0. The highest BCUT2D eigenvalue weighted by atomic mass is 32.2. The maximum absolute atomic E-state index is 4.21. The number of nitrogens with one attached hydrogen (secondary N) is 2. The molecule has 0 aliphatic rings. The second kappa shape index (κ2) is 7.53. The van der Waals surface area contributed by atoms with E-state index in [0.717, 1.165) is 29.0 Å². The molecule has 0 bridgehead atoms. The quantitative estimate of drug-likeness (QED) is 0.356. The van der Waals surface area contributed by atoms with Crippen LogP contribution in [0.5, 0.6) is 0 Å². The van der Waals surface area contributed by atoms with Gasteiger partial charge < -0.3 is 10.6 Å². The first-order valence-corrected chi connectivity index (χ1v) is 6.64. The predicted molar refractivity (Wildman–Crippen MR) is 67.9 cm³/mol. The fraction of sp³-hybridized carbons (Fsp3) is 0.556. The molecule has 1 aromatic rings. The first kappa shape index (κ1) is 12.3. The second-order valence-electron chi connectivity index (χ2n) is 2.75. The molecule has 15 heavy (non-hydrogen) atoms. The van der Waals surface area contributed by atoms with Crippen molar-refractivity contribution in [3.05, 3.63) is 11.6 Å². The lowest BCUT2D eigenvalue weighted by Crippen LogP contribution is -2.35. The highest BCUT2D eigenvalue weighted by Crippen LogP contribution is 2.20. The zero-order chi connectivity index (χ0) is 10.9. The number of rotatable bonds is 5. The number of thioether (sulfide) groups is 1. The summed E-state index contributed by atoms with van der Waals surface area (Å²) < 4.78 is 1.15. The summed E-state index contributed by atoms with van der Waals surface area (Å²) in [6.07, 6.45) is 2.94. The SMILES string of the molecule is CN=C(NC)NCCCSc1nccs1. The minimum atomic E-state index is 0.842. The van der Waals surface area contributed by atoms with Gasteiger partial charge in [0.05, 0.1) is 0 Å². The van der Waals surface area contributed by atoms with Crippen molar-refractivity contribution in [2.24, 2.45) is 4.99 Å². The minimum absolute atomic E-state index is 0.842. The van der Waals surface area contributed by atoms with Crippen LogP contribution in [0.3, 0.4) is 0 Å². The lowest BCUT2D eigenvalue weighted by atomic mass is 10.5. The lowest BCUT2D eigenvalue weighted by molar-refractivity contribution is 0.819. The van der Waals surface area contributed by atoms with Crippen LogP contribution in [0.25, 0.3) is 0 Å². The molecule has 0 aliphatic carbocycles. The smallest absolute Gasteiger partial charge is 0.190 e. The Balaban J connectivity index is 2.02. The van der Waals surface area contributed by atoms with E-state index in [-0.39, 0.29) is 0 Å². The summed E-state index contributed by atoms with van der Waals surface area (Å²) in [7, 11) is 3.63. The number of aliphatic imine (C=N–C) groups is 1. The molecule has 0 saturated heterocycles. The summed E-state index contributed by atoms with van der Waals surface area (Å²) in [5.41, 5.74) is 0. The van der Waals surface area contributed by atoms with Gasteiger partial charge in [-0.15, -0.1) is 11.3 Å². The molecule has 0 atom stereocenters. The van der Waals surface area contributed by atoms with E-state index in [0.29, 0.717) is 0 Å². The topological polar surface area (TPSA) is 49.3 Å². The maximum Gasteiger partial charge on any atom is 0.190 e. The number of thiazole rings is 1. The maximum atomic E-state index is 4.21. The zero-order valence-corrected chi connectivity index (χ0v) is 10.6. The predicted octanol–water partition coefficient (Wildman–Crippen LogP) is 1.42. The molecule has 0 fully saturated rings. The van der Waals surface area contributed by atoms with Crippen LogP contribution in [-0.4, -0.2) is 37.3 Å². The third kappa shape index (κ3) is 5.03. The van der Waals surface area contributed by atoms with Gasteiger partial charge in [-0.2, -0.15) is 0 Å². The first-order chi connectivity index (χ1) is 7.36. The Morgan fingerprint density at radius 3 is 3.13 bits per heavy atom. The van der Waals surface area contributed by atoms with Crippen molar-refractivity contribution < 1.29 is 0 Å². The Labute approximate surface area is 98.6 Å². The number of hydrogen-bond donors (Lipinski definition) is 2. The average Bonchev–Trinajstić information content (AvgIpc) is 2.76. The van der Waals surface area contributed by atoms with E-state index in [4.69, 9.17) is 0 Å². The third-order valence-electron chi connectivity index (χ3n) is 1.71. The van der Waals surface area contributed by atoms with Gasteiger partial charge in [0, 0.05) is 38.0 Å². The minimum Gasteiger partial charge on any atom is -0.359 e. The standard InChI is InChI=1S/C9H16N4S2/c1-10-8(11-2)12-4-3-6-14-9-13-5-7-15-9/h5,7H,3-4,6H2,1-2H3,(H2,10,11,12). The van der Waals surface area contributed by atoms with Crippen LogP contribution in [0.15, 0.2) is 20.9 Å². The number of hydrogen-bond acceptors (Lipinski definition) is 4. The third-order valence-corrected chi connectivity index (χ3v) is 3.76. The van der Waals surface area contributed by atoms with Gasteiger partial charge in [0.15, 0.2) is 5.96 Å². The van der Waals surface area contributed by atoms with E-state index in [1.54, 1.807) is 30.1 Å². The molecule has 1 heterocycles. The Kier molecular flexibility index (Phi) is 6.18. The molecule has 0 spiro atoms. The number of guanidine groups is 1. The number of aromatic nitrogens is 1. The van der Waals surface area contributed by atoms with Gasteiger partial charge in [-0.1, -0.05) is 11.8 Å².